The highest BCUT2D eigenvalue weighted by Gasteiger charge is 2.26. The monoisotopic (exact) mass is 412 g/mol. The third-order valence-corrected chi connectivity index (χ3v) is 4.75. The van der Waals surface area contributed by atoms with Crippen LogP contribution in [-0.4, -0.2) is 36.4 Å². The van der Waals surface area contributed by atoms with Gasteiger partial charge < -0.3 is 19.0 Å². The van der Waals surface area contributed by atoms with Crippen molar-refractivity contribution in [3.63, 3.8) is 0 Å². The van der Waals surface area contributed by atoms with Crippen LogP contribution in [0.25, 0.3) is 21.9 Å². The summed E-state index contributed by atoms with van der Waals surface area (Å²) in [5.74, 6) is -3.03. The van der Waals surface area contributed by atoms with Gasteiger partial charge in [0.25, 0.3) is 0 Å². The summed E-state index contributed by atoms with van der Waals surface area (Å²) in [4.78, 5) is 49.2. The summed E-state index contributed by atoms with van der Waals surface area (Å²) in [6.07, 6.45) is -0.784. The molecule has 8 nitrogen and oxygen atoms in total. The lowest BCUT2D eigenvalue weighted by Crippen LogP contribution is -2.21. The second-order valence-corrected chi connectivity index (χ2v) is 6.78. The highest BCUT2D eigenvalue weighted by molar-refractivity contribution is 6.38. The van der Waals surface area contributed by atoms with Crippen molar-refractivity contribution in [2.24, 2.45) is 0 Å². The number of methoxy groups -OCH3 is 1. The number of benzene rings is 2. The van der Waals surface area contributed by atoms with E-state index in [2.05, 4.69) is 4.74 Å². The third kappa shape index (κ3) is 3.52. The molecule has 3 rings (SSSR count). The van der Waals surface area contributed by atoms with Gasteiger partial charge in [-0.15, -0.1) is 0 Å². The highest BCUT2D eigenvalue weighted by atomic mass is 16.5. The quantitative estimate of drug-likeness (QED) is 0.216. The number of carbonyl (C=O) groups excluding carboxylic acids is 3. The molecule has 0 bridgehead atoms. The summed E-state index contributed by atoms with van der Waals surface area (Å²) in [6.45, 7) is 4.76. The van der Waals surface area contributed by atoms with Crippen LogP contribution >= 0.6 is 0 Å². The maximum absolute atomic E-state index is 13.1. The molecule has 3 aromatic rings. The molecule has 0 spiro atoms. The van der Waals surface area contributed by atoms with Crippen LogP contribution in [0.4, 0.5) is 0 Å². The fraction of sp³-hybridized carbons (Fsp3) is 0.273. The van der Waals surface area contributed by atoms with Crippen LogP contribution in [0.2, 0.25) is 0 Å². The van der Waals surface area contributed by atoms with E-state index in [1.54, 1.807) is 19.1 Å². The van der Waals surface area contributed by atoms with Gasteiger partial charge in [-0.3, -0.25) is 14.4 Å². The molecule has 156 valence electrons. The number of phenols is 1. The lowest BCUT2D eigenvalue weighted by atomic mass is 9.96. The summed E-state index contributed by atoms with van der Waals surface area (Å²) < 4.78 is 15.6. The summed E-state index contributed by atoms with van der Waals surface area (Å²) in [7, 11) is 1.49. The van der Waals surface area contributed by atoms with Crippen LogP contribution in [0.15, 0.2) is 27.4 Å². The number of aryl methyl sites for hydroxylation is 2. The molecule has 0 atom stereocenters. The van der Waals surface area contributed by atoms with Crippen LogP contribution < -0.4 is 10.2 Å². The van der Waals surface area contributed by atoms with Crippen LogP contribution in [0.5, 0.6) is 11.5 Å². The Hall–Kier alpha value is -3.68. The Bertz CT molecular complexity index is 1270. The first kappa shape index (κ1) is 21.0. The number of esters is 1. The van der Waals surface area contributed by atoms with E-state index in [1.807, 2.05) is 0 Å². The average molecular weight is 412 g/mol. The lowest BCUT2D eigenvalue weighted by Gasteiger charge is -2.12. The maximum atomic E-state index is 13.1. The number of carbonyl (C=O) groups is 3. The van der Waals surface area contributed by atoms with Gasteiger partial charge in [0.1, 0.15) is 28.1 Å². The number of ether oxygens (including phenoxy) is 2. The number of Topliss-reactive ketones (excluding diaryl/α,β-unsaturated/α-hetero) is 2. The number of rotatable bonds is 6. The van der Waals surface area contributed by atoms with Crippen molar-refractivity contribution in [3.05, 3.63) is 45.1 Å². The van der Waals surface area contributed by atoms with Gasteiger partial charge in [0.15, 0.2) is 5.78 Å². The van der Waals surface area contributed by atoms with E-state index in [0.717, 1.165) is 0 Å². The van der Waals surface area contributed by atoms with Gasteiger partial charge in [-0.2, -0.15) is 0 Å². The third-order valence-electron chi connectivity index (χ3n) is 4.75. The second-order valence-electron chi connectivity index (χ2n) is 6.78. The van der Waals surface area contributed by atoms with Gasteiger partial charge >= 0.3 is 5.97 Å². The lowest BCUT2D eigenvalue weighted by molar-refractivity contribution is -0.153. The maximum Gasteiger partial charge on any atom is 0.375 e. The molecule has 8 heteroatoms. The minimum atomic E-state index is -1.13. The number of hydrogen-bond acceptors (Lipinski definition) is 8. The molecule has 1 N–H and O–H groups in total. The Morgan fingerprint density at radius 3 is 2.33 bits per heavy atom. The topological polar surface area (TPSA) is 120 Å². The number of fused-ring (bicyclic) bond motifs is 2. The predicted octanol–water partition coefficient (Wildman–Crippen LogP) is 2.98. The van der Waals surface area contributed by atoms with E-state index in [1.165, 1.54) is 27.0 Å². The number of ketones is 2. The van der Waals surface area contributed by atoms with Crippen LogP contribution in [0.3, 0.4) is 0 Å². The Balaban J connectivity index is 2.20. The van der Waals surface area contributed by atoms with Crippen molar-refractivity contribution in [2.45, 2.75) is 27.2 Å². The standard InChI is InChI=1S/C22H20O8/c1-5-29-22(27)14(24)9-13(23)17-11(3)7-15-19(20(17)25)21(26)18-10(2)6-12(28-4)8-16(18)30-15/h6-8,25H,5,9H2,1-4H3. The fourth-order valence-electron chi connectivity index (χ4n) is 3.40. The summed E-state index contributed by atoms with van der Waals surface area (Å²) in [6, 6.07) is 4.65. The molecule has 0 saturated heterocycles. The Kier molecular flexibility index (Phi) is 5.60. The first-order valence-corrected chi connectivity index (χ1v) is 9.20. The molecular weight excluding hydrogens is 392 g/mol. The number of aromatic hydroxyl groups is 1. The van der Waals surface area contributed by atoms with Crippen molar-refractivity contribution >= 4 is 39.5 Å². The predicted molar refractivity (Wildman–Crippen MR) is 108 cm³/mol. The molecule has 1 aromatic heterocycles. The molecule has 0 amide bonds. The second kappa shape index (κ2) is 7.98. The molecular formula is C22H20O8. The van der Waals surface area contributed by atoms with Crippen molar-refractivity contribution < 1.29 is 33.4 Å². The molecule has 1 heterocycles. The van der Waals surface area contributed by atoms with Crippen molar-refractivity contribution in [1.82, 2.24) is 0 Å². The van der Waals surface area contributed by atoms with Gasteiger partial charge in [0, 0.05) is 6.07 Å². The molecule has 0 aliphatic rings. The van der Waals surface area contributed by atoms with Crippen LogP contribution in [-0.2, 0) is 14.3 Å². The SMILES string of the molecule is CCOC(=O)C(=O)CC(=O)c1c(C)cc2oc3cc(OC)cc(C)c3c(=O)c2c1O. The highest BCUT2D eigenvalue weighted by Crippen LogP contribution is 2.34. The minimum absolute atomic E-state index is 0.00271. The molecule has 2 aromatic carbocycles. The Labute approximate surface area is 171 Å². The zero-order valence-electron chi connectivity index (χ0n) is 17.0. The number of hydrogen-bond donors (Lipinski definition) is 1. The van der Waals surface area contributed by atoms with Gasteiger partial charge in [0.2, 0.25) is 11.2 Å². The Morgan fingerprint density at radius 1 is 1.03 bits per heavy atom. The van der Waals surface area contributed by atoms with Crippen LogP contribution in [0.1, 0.15) is 34.8 Å². The van der Waals surface area contributed by atoms with Gasteiger partial charge in [-0.25, -0.2) is 4.79 Å². The smallest absolute Gasteiger partial charge is 0.375 e. The van der Waals surface area contributed by atoms with E-state index in [0.29, 0.717) is 16.9 Å². The van der Waals surface area contributed by atoms with E-state index in [9.17, 15) is 24.3 Å². The first-order chi connectivity index (χ1) is 14.2. The van der Waals surface area contributed by atoms with E-state index in [-0.39, 0.29) is 34.1 Å². The molecule has 0 saturated carbocycles. The van der Waals surface area contributed by atoms with Gasteiger partial charge in [-0.05, 0) is 44.0 Å². The van der Waals surface area contributed by atoms with Gasteiger partial charge in [0.05, 0.1) is 31.1 Å². The fourth-order valence-corrected chi connectivity index (χ4v) is 3.40. The first-order valence-electron chi connectivity index (χ1n) is 9.20. The zero-order valence-corrected chi connectivity index (χ0v) is 17.0. The summed E-state index contributed by atoms with van der Waals surface area (Å²) >= 11 is 0. The molecule has 0 aliphatic carbocycles. The number of phenolic OH excluding ortho intramolecular Hbond substituents is 1. The van der Waals surface area contributed by atoms with E-state index >= 15 is 0 Å². The molecule has 0 unspecified atom stereocenters. The van der Waals surface area contributed by atoms with Crippen molar-refractivity contribution in [2.75, 3.05) is 13.7 Å². The molecule has 0 radical (unpaired) electrons. The minimum Gasteiger partial charge on any atom is -0.506 e. The molecule has 0 aliphatic heterocycles. The molecule has 30 heavy (non-hydrogen) atoms. The average Bonchev–Trinajstić information content (AvgIpc) is 2.66. The normalized spacial score (nSPS) is 10.9. The molecule has 0 fully saturated rings. The Morgan fingerprint density at radius 2 is 1.70 bits per heavy atom. The van der Waals surface area contributed by atoms with E-state index < -0.39 is 35.1 Å². The van der Waals surface area contributed by atoms with Gasteiger partial charge in [-0.1, -0.05) is 0 Å². The zero-order chi connectivity index (χ0) is 22.2. The van der Waals surface area contributed by atoms with E-state index in [4.69, 9.17) is 9.15 Å². The largest absolute Gasteiger partial charge is 0.506 e. The summed E-state index contributed by atoms with van der Waals surface area (Å²) in [5.41, 5.74) is 0.505. The van der Waals surface area contributed by atoms with Crippen molar-refractivity contribution in [1.29, 1.82) is 0 Å². The summed E-state index contributed by atoms with van der Waals surface area (Å²) in [5, 5.41) is 10.8. The van der Waals surface area contributed by atoms with Crippen LogP contribution in [0, 0.1) is 13.8 Å². The van der Waals surface area contributed by atoms with Crippen molar-refractivity contribution in [3.8, 4) is 11.5 Å².